The number of nitrogens with zero attached hydrogens (tertiary/aromatic N) is 4. The monoisotopic (exact) mass is 368 g/mol. The number of hydrogen-bond acceptors (Lipinski definition) is 6. The molecule has 1 aromatic heterocycles. The number of piperazine rings is 1. The molecule has 9 heteroatoms. The zero-order valence-corrected chi connectivity index (χ0v) is 14.9. The summed E-state index contributed by atoms with van der Waals surface area (Å²) >= 11 is 0. The van der Waals surface area contributed by atoms with Gasteiger partial charge in [-0.05, 0) is 18.6 Å². The van der Waals surface area contributed by atoms with Crippen LogP contribution in [0.3, 0.4) is 0 Å². The second-order valence-corrected chi connectivity index (χ2v) is 7.87. The van der Waals surface area contributed by atoms with Gasteiger partial charge in [-0.2, -0.15) is 9.29 Å². The Morgan fingerprint density at radius 3 is 2.60 bits per heavy atom. The number of hydrogen-bond donors (Lipinski definition) is 0. The van der Waals surface area contributed by atoms with E-state index < -0.39 is 15.8 Å². The highest BCUT2D eigenvalue weighted by Crippen LogP contribution is 2.20. The Morgan fingerprint density at radius 2 is 1.92 bits per heavy atom. The van der Waals surface area contributed by atoms with Crippen molar-refractivity contribution in [3.8, 4) is 0 Å². The van der Waals surface area contributed by atoms with Crippen LogP contribution in [0.4, 0.5) is 4.39 Å². The summed E-state index contributed by atoms with van der Waals surface area (Å²) in [5, 5.41) is 3.91. The highest BCUT2D eigenvalue weighted by molar-refractivity contribution is 7.89. The van der Waals surface area contributed by atoms with E-state index in [2.05, 4.69) is 15.0 Å². The normalized spacial score (nSPS) is 17.0. The first-order valence-corrected chi connectivity index (χ1v) is 9.73. The van der Waals surface area contributed by atoms with E-state index in [1.807, 2.05) is 6.92 Å². The van der Waals surface area contributed by atoms with Crippen LogP contribution in [0.1, 0.15) is 25.1 Å². The number of rotatable bonds is 6. The first-order chi connectivity index (χ1) is 12.0. The molecule has 25 heavy (non-hydrogen) atoms. The Balaban J connectivity index is 1.60. The quantitative estimate of drug-likeness (QED) is 0.772. The van der Waals surface area contributed by atoms with Crippen molar-refractivity contribution >= 4 is 10.0 Å². The molecule has 0 saturated carbocycles. The van der Waals surface area contributed by atoms with Gasteiger partial charge in [-0.3, -0.25) is 4.90 Å². The average molecular weight is 368 g/mol. The van der Waals surface area contributed by atoms with Crippen LogP contribution in [0.15, 0.2) is 33.7 Å². The van der Waals surface area contributed by atoms with Gasteiger partial charge in [0.05, 0.1) is 6.54 Å². The van der Waals surface area contributed by atoms with E-state index in [9.17, 15) is 12.8 Å². The van der Waals surface area contributed by atoms with E-state index in [-0.39, 0.29) is 4.90 Å². The molecule has 0 radical (unpaired) electrons. The molecule has 2 heterocycles. The number of aromatic nitrogens is 2. The van der Waals surface area contributed by atoms with Crippen LogP contribution in [0, 0.1) is 5.82 Å². The van der Waals surface area contributed by atoms with Gasteiger partial charge >= 0.3 is 0 Å². The summed E-state index contributed by atoms with van der Waals surface area (Å²) in [6.45, 7) is 4.19. The van der Waals surface area contributed by atoms with Crippen molar-refractivity contribution in [3.05, 3.63) is 41.8 Å². The highest BCUT2D eigenvalue weighted by atomic mass is 32.2. The molecule has 1 saturated heterocycles. The summed E-state index contributed by atoms with van der Waals surface area (Å²) in [6, 6.07) is 5.45. The third-order valence-corrected chi connectivity index (χ3v) is 6.06. The molecule has 0 spiro atoms. The molecule has 3 rings (SSSR count). The van der Waals surface area contributed by atoms with Gasteiger partial charge in [0.1, 0.15) is 10.7 Å². The SMILES string of the molecule is CCCc1noc(CN2CCN(S(=O)(=O)c3ccccc3F)CC2)n1. The van der Waals surface area contributed by atoms with Crippen LogP contribution in [0.25, 0.3) is 0 Å². The summed E-state index contributed by atoms with van der Waals surface area (Å²) in [5.74, 6) is 0.506. The Hall–Kier alpha value is -1.84. The lowest BCUT2D eigenvalue weighted by atomic mass is 10.3. The maximum atomic E-state index is 13.8. The molecule has 7 nitrogen and oxygen atoms in total. The van der Waals surface area contributed by atoms with Crippen LogP contribution in [0.2, 0.25) is 0 Å². The lowest BCUT2D eigenvalue weighted by Gasteiger charge is -2.33. The third kappa shape index (κ3) is 4.05. The zero-order valence-electron chi connectivity index (χ0n) is 14.1. The minimum absolute atomic E-state index is 0.274. The standard InChI is InChI=1S/C16H21FN4O3S/c1-2-5-15-18-16(24-19-15)12-20-8-10-21(11-9-20)25(22,23)14-7-4-3-6-13(14)17/h3-4,6-7H,2,5,8-12H2,1H3. The molecule has 0 unspecified atom stereocenters. The summed E-state index contributed by atoms with van der Waals surface area (Å²) in [4.78, 5) is 6.10. The molecular formula is C16H21FN4O3S. The van der Waals surface area contributed by atoms with Crippen LogP contribution in [0.5, 0.6) is 0 Å². The Morgan fingerprint density at radius 1 is 1.20 bits per heavy atom. The molecule has 0 N–H and O–H groups in total. The van der Waals surface area contributed by atoms with Crippen LogP contribution in [-0.2, 0) is 23.0 Å². The van der Waals surface area contributed by atoms with Gasteiger partial charge < -0.3 is 4.52 Å². The average Bonchev–Trinajstić information content (AvgIpc) is 3.03. The molecule has 0 atom stereocenters. The van der Waals surface area contributed by atoms with Gasteiger partial charge in [0.2, 0.25) is 15.9 Å². The Labute approximate surface area is 146 Å². The van der Waals surface area contributed by atoms with Crippen LogP contribution in [-0.4, -0.2) is 53.9 Å². The smallest absolute Gasteiger partial charge is 0.246 e. The number of halogens is 1. The maximum absolute atomic E-state index is 13.8. The minimum Gasteiger partial charge on any atom is -0.338 e. The predicted molar refractivity (Wildman–Crippen MR) is 88.7 cm³/mol. The van der Waals surface area contributed by atoms with Crippen molar-refractivity contribution in [2.45, 2.75) is 31.2 Å². The van der Waals surface area contributed by atoms with Gasteiger partial charge in [0, 0.05) is 32.6 Å². The number of sulfonamides is 1. The summed E-state index contributed by atoms with van der Waals surface area (Å²) in [5.41, 5.74) is 0. The van der Waals surface area contributed by atoms with Gasteiger partial charge in [-0.25, -0.2) is 12.8 Å². The summed E-state index contributed by atoms with van der Waals surface area (Å²) in [6.07, 6.45) is 1.73. The van der Waals surface area contributed by atoms with E-state index in [1.165, 1.54) is 22.5 Å². The minimum atomic E-state index is -3.81. The van der Waals surface area contributed by atoms with Gasteiger partial charge in [0.15, 0.2) is 5.82 Å². The molecule has 1 aliphatic heterocycles. The lowest BCUT2D eigenvalue weighted by molar-refractivity contribution is 0.163. The van der Waals surface area contributed by atoms with Crippen LogP contribution < -0.4 is 0 Å². The largest absolute Gasteiger partial charge is 0.338 e. The molecule has 0 aliphatic carbocycles. The Bertz CT molecular complexity index is 816. The predicted octanol–water partition coefficient (Wildman–Crippen LogP) is 1.67. The van der Waals surface area contributed by atoms with E-state index in [4.69, 9.17) is 4.52 Å². The van der Waals surface area contributed by atoms with Crippen molar-refractivity contribution in [2.75, 3.05) is 26.2 Å². The molecular weight excluding hydrogens is 347 g/mol. The van der Waals surface area contributed by atoms with E-state index >= 15 is 0 Å². The van der Waals surface area contributed by atoms with Crippen molar-refractivity contribution in [2.24, 2.45) is 0 Å². The van der Waals surface area contributed by atoms with Crippen molar-refractivity contribution in [1.82, 2.24) is 19.3 Å². The van der Waals surface area contributed by atoms with Gasteiger partial charge in [0.25, 0.3) is 0 Å². The van der Waals surface area contributed by atoms with Crippen molar-refractivity contribution in [1.29, 1.82) is 0 Å². The fraction of sp³-hybridized carbons (Fsp3) is 0.500. The van der Waals surface area contributed by atoms with E-state index in [1.54, 1.807) is 0 Å². The summed E-state index contributed by atoms with van der Waals surface area (Å²) in [7, 11) is -3.81. The molecule has 0 amide bonds. The van der Waals surface area contributed by atoms with E-state index in [0.29, 0.717) is 44.4 Å². The first-order valence-electron chi connectivity index (χ1n) is 8.29. The van der Waals surface area contributed by atoms with Gasteiger partial charge in [-0.1, -0.05) is 24.2 Å². The molecule has 1 aliphatic rings. The highest BCUT2D eigenvalue weighted by Gasteiger charge is 2.30. The second kappa shape index (κ2) is 7.59. The molecule has 1 aromatic carbocycles. The third-order valence-electron chi connectivity index (χ3n) is 4.13. The lowest BCUT2D eigenvalue weighted by Crippen LogP contribution is -2.48. The van der Waals surface area contributed by atoms with E-state index in [0.717, 1.165) is 18.9 Å². The molecule has 2 aromatic rings. The fourth-order valence-electron chi connectivity index (χ4n) is 2.79. The van der Waals surface area contributed by atoms with Crippen molar-refractivity contribution in [3.63, 3.8) is 0 Å². The Kier molecular flexibility index (Phi) is 5.45. The number of benzene rings is 1. The molecule has 136 valence electrons. The zero-order chi connectivity index (χ0) is 17.9. The maximum Gasteiger partial charge on any atom is 0.246 e. The second-order valence-electron chi connectivity index (χ2n) is 5.96. The van der Waals surface area contributed by atoms with Gasteiger partial charge in [-0.15, -0.1) is 0 Å². The van der Waals surface area contributed by atoms with Crippen LogP contribution >= 0.6 is 0 Å². The number of aryl methyl sites for hydroxylation is 1. The topological polar surface area (TPSA) is 79.5 Å². The first kappa shape index (κ1) is 18.0. The fourth-order valence-corrected chi connectivity index (χ4v) is 4.28. The van der Waals surface area contributed by atoms with Crippen molar-refractivity contribution < 1.29 is 17.3 Å². The molecule has 0 bridgehead atoms. The molecule has 1 fully saturated rings. The summed E-state index contributed by atoms with van der Waals surface area (Å²) < 4.78 is 45.5.